The van der Waals surface area contributed by atoms with Crippen molar-refractivity contribution in [1.29, 1.82) is 0 Å². The van der Waals surface area contributed by atoms with E-state index in [4.69, 9.17) is 38.5 Å². The van der Waals surface area contributed by atoms with E-state index in [1.54, 1.807) is 0 Å². The van der Waals surface area contributed by atoms with E-state index < -0.39 is 116 Å². The molecular weight excluding hydrogens is 2010 g/mol. The van der Waals surface area contributed by atoms with Gasteiger partial charge in [0.1, 0.15) is 39.5 Å². The molecule has 3 spiro atoms. The first kappa shape index (κ1) is 84.1. The molecule has 8 unspecified atom stereocenters. The Labute approximate surface area is 547 Å². The van der Waals surface area contributed by atoms with Crippen LogP contribution in [0, 0.1) is 20.8 Å². The van der Waals surface area contributed by atoms with E-state index in [-0.39, 0.29) is 52.1 Å². The number of urea groups is 3. The summed E-state index contributed by atoms with van der Waals surface area (Å²) >= 11 is 0. The minimum absolute atomic E-state index is 0. The number of imide groups is 3. The van der Waals surface area contributed by atoms with Gasteiger partial charge in [-0.25, -0.2) is 32.9 Å². The third-order valence-corrected chi connectivity index (χ3v) is 16.9. The van der Waals surface area contributed by atoms with Gasteiger partial charge in [0.15, 0.2) is 6.17 Å². The molecule has 1 N–H and O–H groups in total. The number of quaternary nitrogens is 3. The zero-order valence-electron chi connectivity index (χ0n) is 57.6. The molecule has 4 aliphatic rings. The van der Waals surface area contributed by atoms with Crippen molar-refractivity contribution in [3.05, 3.63) is 90.2 Å². The van der Waals surface area contributed by atoms with Gasteiger partial charge in [-0.2, -0.15) is 34.1 Å². The van der Waals surface area contributed by atoms with Gasteiger partial charge >= 0.3 is 41.3 Å². The summed E-state index contributed by atoms with van der Waals surface area (Å²) in [5, 5.41) is 2.80. The van der Waals surface area contributed by atoms with Crippen molar-refractivity contribution in [2.45, 2.75) is 251 Å². The predicted molar refractivity (Wildman–Crippen MR) is 346 cm³/mol. The Balaban J connectivity index is 0.00000109. The van der Waals surface area contributed by atoms with Crippen molar-refractivity contribution < 1.29 is 85.5 Å². The Morgan fingerprint density at radius 3 is 1.16 bits per heavy atom. The van der Waals surface area contributed by atoms with Gasteiger partial charge in [0, 0.05) is 78.0 Å². The molecule has 5 rings (SSSR count). The second-order valence-corrected chi connectivity index (χ2v) is 24.1. The van der Waals surface area contributed by atoms with Crippen molar-refractivity contribution in [2.24, 2.45) is 9.98 Å². The molecule has 0 aromatic carbocycles. The number of carbonyl (C=O) groups excluding carboxylic acids is 7. The van der Waals surface area contributed by atoms with E-state index in [1.165, 1.54) is 34.5 Å². The Morgan fingerprint density at radius 1 is 0.479 bits per heavy atom. The molecule has 4 fully saturated rings. The monoisotopic (exact) mass is 2110 g/mol. The van der Waals surface area contributed by atoms with Crippen LogP contribution in [0.5, 0.6) is 0 Å². The van der Waals surface area contributed by atoms with Gasteiger partial charge in [-0.15, -0.1) is 19.7 Å². The van der Waals surface area contributed by atoms with Gasteiger partial charge in [-0.05, 0) is 116 Å². The average Bonchev–Trinajstić information content (AvgIpc) is 0.976. The molecule has 1 aromatic heterocycles. The number of aromatic nitrogens is 3. The Bertz CT molecular complexity index is 2640. The van der Waals surface area contributed by atoms with Gasteiger partial charge in [-0.3, -0.25) is 26.6 Å². The van der Waals surface area contributed by atoms with Crippen molar-refractivity contribution in [1.82, 2.24) is 19.0 Å². The first-order chi connectivity index (χ1) is 44.7. The maximum atomic E-state index is 15.8. The minimum Gasteiger partial charge on any atom is -0.493 e. The molecule has 528 valence electrons. The molecule has 0 bridgehead atoms. The zero-order valence-corrected chi connectivity index (χ0v) is 76.8. The summed E-state index contributed by atoms with van der Waals surface area (Å²) in [5.41, 5.74) is -1.36. The topological polar surface area (TPSA) is 296 Å². The van der Waals surface area contributed by atoms with Gasteiger partial charge in [0.2, 0.25) is 25.1 Å². The Morgan fingerprint density at radius 2 is 0.802 bits per heavy atom. The van der Waals surface area contributed by atoms with Gasteiger partial charge in [-0.1, -0.05) is 70.2 Å². The molecule has 30 heteroatoms. The molecule has 4 aliphatic heterocycles. The predicted octanol–water partition coefficient (Wildman–Crippen LogP) is 10.1. The number of rotatable bonds is 37. The fraction of sp³-hybridized carbons (Fsp3) is 0.682. The van der Waals surface area contributed by atoms with E-state index in [9.17, 15) is 33.6 Å². The number of aliphatic imine (C=N–C) groups is 2. The van der Waals surface area contributed by atoms with Crippen LogP contribution in [-0.2, 0) is 72.5 Å². The van der Waals surface area contributed by atoms with Gasteiger partial charge in [0.25, 0.3) is 17.9 Å². The third kappa shape index (κ3) is 23.8. The maximum absolute atomic E-state index is 15.8. The zero-order chi connectivity index (χ0) is 68.2. The largest absolute Gasteiger partial charge is 0.542 e. The van der Waals surface area contributed by atoms with Crippen LogP contribution in [0.15, 0.2) is 62.3 Å². The van der Waals surface area contributed by atoms with Crippen LogP contribution in [0.3, 0.4) is 0 Å². The summed E-state index contributed by atoms with van der Waals surface area (Å²) in [6, 6.07) is -2.20. The molecule has 27 nitrogen and oxygen atoms in total. The number of amides is 7. The van der Waals surface area contributed by atoms with Crippen LogP contribution >= 0.6 is 0 Å². The molecule has 96 heavy (non-hydrogen) atoms. The smallest absolute Gasteiger partial charge is 0.493 e. The van der Waals surface area contributed by atoms with Crippen LogP contribution in [0.1, 0.15) is 194 Å². The van der Waals surface area contributed by atoms with E-state index in [0.29, 0.717) is 77.4 Å². The number of hydrogen-bond donors (Lipinski definition) is 1. The number of ether oxygens (including phenoxy) is 4. The number of esters is 3. The van der Waals surface area contributed by atoms with E-state index in [1.807, 2.05) is 18.2 Å². The minimum atomic E-state index is -1.18. The number of allylic oxidation sites excluding steroid dienone is 3. The third-order valence-electron chi connectivity index (χ3n) is 16.9. The normalized spacial score (nSPS) is 22.6. The second kappa shape index (κ2) is 43.9. The van der Waals surface area contributed by atoms with Crippen molar-refractivity contribution in [3.8, 4) is 0 Å². The summed E-state index contributed by atoms with van der Waals surface area (Å²) in [7, 11) is 0. The fourth-order valence-electron chi connectivity index (χ4n) is 12.5. The molecule has 8 atom stereocenters. The number of nitrogens with zero attached hydrogens (tertiary/aromatic N) is 8. The molecule has 4 saturated heterocycles. The van der Waals surface area contributed by atoms with Gasteiger partial charge in [0.05, 0.1) is 0 Å². The first-order valence-electron chi connectivity index (χ1n) is 33.3. The molecule has 0 aliphatic carbocycles. The second-order valence-electron chi connectivity index (χ2n) is 24.1. The van der Waals surface area contributed by atoms with E-state index in [0.717, 1.165) is 109 Å². The molecular formula is C66H105N9O18Rf3. The number of carbonyl (C=O) groups is 7. The SMILES string of the molecule is C=CCCCCCCn1c(=O)n(CCCCCCC=C)c(=O)n(CCCCCCC=C)c1=O.[CH2-]C(COOC=NC1CCCCC[N+]12C(=O)[N+]1(CCCCCC1N=COOCC([CH2-])OC(C)=O)C(=O)[N+]1(CCCCCC1NC(=O)OCC([CH2-])OC(C)=O)C2=O)OC(C)=O.[Rf].[Rf].[Rf]. The summed E-state index contributed by atoms with van der Waals surface area (Å²) in [4.78, 5) is 164. The number of nitrogens with one attached hydrogen (secondary N) is 1. The van der Waals surface area contributed by atoms with Crippen molar-refractivity contribution in [3.63, 3.8) is 0 Å². The van der Waals surface area contributed by atoms with Crippen LogP contribution < -0.4 is 22.4 Å². The van der Waals surface area contributed by atoms with Crippen molar-refractivity contribution >= 4 is 54.9 Å². The summed E-state index contributed by atoms with van der Waals surface area (Å²) in [6.07, 6.45) is 20.5. The standard InChI is InChI=1S/C39H60N6O15.C27H45N3O3.3Rf/c1-27(58-30(4)46)22-53-36(49)42-35-18-12-9-15-21-45(35)38(51)43(19-13-7-10-16-33(43)40-25-56-54-23-28(2)59-31(5)47)37(50)44(39(45)52)20-14-8-11-17-34(44)41-26-57-55-24-29(3)60-32(6)48;1-4-7-10-13-16-19-22-28-25(31)29(23-20-17-14-11-8-5-2)27(33)30(26(28)32)24-21-18-15-12-9-6-3;;;/h25-29,33-35H,1-3,7-24H2,4-6H3,(H,42,49);4-6H,1-3,7-24H2;;;. The molecule has 0 radical (unpaired) electrons. The van der Waals surface area contributed by atoms with Crippen LogP contribution in [0.4, 0.5) is 19.2 Å². The average molecular weight is 2110 g/mol. The van der Waals surface area contributed by atoms with E-state index >= 15 is 14.4 Å². The molecule has 5 heterocycles. The Kier molecular flexibility index (Phi) is 38.4. The number of unbranched alkanes of at least 4 members (excludes halogenated alkanes) is 12. The van der Waals surface area contributed by atoms with Crippen LogP contribution in [0.2, 0.25) is 0 Å². The summed E-state index contributed by atoms with van der Waals surface area (Å²) in [6.45, 7) is 26.0. The maximum Gasteiger partial charge on any atom is 0.542 e. The first-order valence-corrected chi connectivity index (χ1v) is 33.3. The van der Waals surface area contributed by atoms with Gasteiger partial charge < -0.3 is 42.6 Å². The molecule has 1 aromatic rings. The number of alkyl carbamates (subject to hydrolysis) is 1. The van der Waals surface area contributed by atoms with E-state index in [2.05, 4.69) is 55.8 Å². The molecule has 7 amide bonds. The van der Waals surface area contributed by atoms with Crippen LogP contribution in [0.25, 0.3) is 0 Å². The van der Waals surface area contributed by atoms with Crippen molar-refractivity contribution in [2.75, 3.05) is 39.5 Å². The quantitative estimate of drug-likeness (QED) is 0.00619. The van der Waals surface area contributed by atoms with Crippen LogP contribution in [-0.4, -0.2) is 158 Å². The summed E-state index contributed by atoms with van der Waals surface area (Å²) < 4.78 is 21.4. The fourth-order valence-corrected chi connectivity index (χ4v) is 12.5. The molecule has 0 saturated carbocycles. The summed E-state index contributed by atoms with van der Waals surface area (Å²) in [5.74, 6) is -1.75. The number of hydrogen-bond acceptors (Lipinski definition) is 20. The Hall–Kier alpha value is -9.94.